The van der Waals surface area contributed by atoms with Crippen LogP contribution >= 0.6 is 11.8 Å². The molecule has 0 aliphatic carbocycles. The van der Waals surface area contributed by atoms with E-state index in [0.29, 0.717) is 12.1 Å². The number of benzene rings is 3. The van der Waals surface area contributed by atoms with Gasteiger partial charge in [0.2, 0.25) is 0 Å². The van der Waals surface area contributed by atoms with E-state index in [9.17, 15) is 8.78 Å². The van der Waals surface area contributed by atoms with E-state index in [1.165, 1.54) is 12.1 Å². The summed E-state index contributed by atoms with van der Waals surface area (Å²) < 4.78 is 34.5. The Morgan fingerprint density at radius 1 is 0.926 bits per heavy atom. The van der Waals surface area contributed by atoms with E-state index in [2.05, 4.69) is 12.1 Å². The number of fused-ring (bicyclic) bond motifs is 1. The maximum absolute atomic E-state index is 13.6. The van der Waals surface area contributed by atoms with Crippen LogP contribution in [-0.4, -0.2) is 11.7 Å². The second-order valence-electron chi connectivity index (χ2n) is 6.20. The zero-order chi connectivity index (χ0) is 18.8. The van der Waals surface area contributed by atoms with E-state index in [1.54, 1.807) is 18.9 Å². The summed E-state index contributed by atoms with van der Waals surface area (Å²) in [6, 6.07) is 19.6. The second-order valence-corrected chi connectivity index (χ2v) is 7.31. The van der Waals surface area contributed by atoms with E-state index >= 15 is 0 Å². The molecule has 27 heavy (non-hydrogen) atoms. The van der Waals surface area contributed by atoms with Crippen LogP contribution in [0, 0.1) is 11.6 Å². The molecule has 0 bridgehead atoms. The van der Waals surface area contributed by atoms with Crippen molar-refractivity contribution in [3.63, 3.8) is 0 Å². The summed E-state index contributed by atoms with van der Waals surface area (Å²) in [5.41, 5.74) is 1.53. The summed E-state index contributed by atoms with van der Waals surface area (Å²) in [4.78, 5) is 2.21. The molecule has 0 saturated carbocycles. The Bertz CT molecular complexity index is 1070. The van der Waals surface area contributed by atoms with Gasteiger partial charge in [0.05, 0.1) is 12.6 Å². The molecule has 136 valence electrons. The minimum atomic E-state index is -0.571. The van der Waals surface area contributed by atoms with Gasteiger partial charge in [-0.05, 0) is 42.0 Å². The van der Waals surface area contributed by atoms with Gasteiger partial charge in [-0.25, -0.2) is 8.78 Å². The first-order chi connectivity index (χ1) is 13.1. The molecule has 0 saturated heterocycles. The second kappa shape index (κ2) is 7.45. The van der Waals surface area contributed by atoms with Gasteiger partial charge >= 0.3 is 0 Å². The van der Waals surface area contributed by atoms with Gasteiger partial charge in [-0.15, -0.1) is 0 Å². The molecule has 0 aliphatic rings. The number of hydrogen-bond donors (Lipinski definition) is 0. The van der Waals surface area contributed by atoms with Crippen LogP contribution in [-0.2, 0) is 6.54 Å². The van der Waals surface area contributed by atoms with E-state index < -0.39 is 11.6 Å². The maximum Gasteiger partial charge on any atom is 0.126 e. The summed E-state index contributed by atoms with van der Waals surface area (Å²) in [6.45, 7) is 0.369. The third kappa shape index (κ3) is 3.83. The van der Waals surface area contributed by atoms with E-state index in [0.717, 1.165) is 32.5 Å². The minimum absolute atomic E-state index is 0.369. The molecule has 0 atom stereocenters. The SMILES string of the molecule is COc1ccc2c(Sc3ccccc3)cn(Cc3cc(F)cc(F)c3)c2c1. The third-order valence-corrected chi connectivity index (χ3v) is 5.35. The third-order valence-electron chi connectivity index (χ3n) is 4.30. The van der Waals surface area contributed by atoms with Crippen LogP contribution in [0.1, 0.15) is 5.56 Å². The van der Waals surface area contributed by atoms with Crippen LogP contribution in [0.4, 0.5) is 8.78 Å². The van der Waals surface area contributed by atoms with Crippen LogP contribution in [0.3, 0.4) is 0 Å². The lowest BCUT2D eigenvalue weighted by Gasteiger charge is -2.07. The monoisotopic (exact) mass is 381 g/mol. The fraction of sp³-hybridized carbons (Fsp3) is 0.0909. The molecule has 0 radical (unpaired) electrons. The normalized spacial score (nSPS) is 11.1. The fourth-order valence-corrected chi connectivity index (χ4v) is 4.10. The number of methoxy groups -OCH3 is 1. The fourth-order valence-electron chi connectivity index (χ4n) is 3.09. The molecule has 4 aromatic rings. The molecule has 1 aromatic heterocycles. The first kappa shape index (κ1) is 17.6. The van der Waals surface area contributed by atoms with Gasteiger partial charge in [0, 0.05) is 40.1 Å². The highest BCUT2D eigenvalue weighted by Crippen LogP contribution is 2.36. The van der Waals surface area contributed by atoms with Crippen LogP contribution in [0.15, 0.2) is 82.7 Å². The minimum Gasteiger partial charge on any atom is -0.497 e. The van der Waals surface area contributed by atoms with Gasteiger partial charge in [0.25, 0.3) is 0 Å². The predicted molar refractivity (Wildman–Crippen MR) is 105 cm³/mol. The molecular formula is C22H17F2NOS. The van der Waals surface area contributed by atoms with Crippen molar-refractivity contribution in [2.24, 2.45) is 0 Å². The molecule has 0 N–H and O–H groups in total. The van der Waals surface area contributed by atoms with Crippen molar-refractivity contribution < 1.29 is 13.5 Å². The predicted octanol–water partition coefficient (Wildman–Crippen LogP) is 6.13. The summed E-state index contributed by atoms with van der Waals surface area (Å²) in [5, 5.41) is 1.07. The molecule has 2 nitrogen and oxygen atoms in total. The van der Waals surface area contributed by atoms with Crippen molar-refractivity contribution >= 4 is 22.7 Å². The summed E-state index contributed by atoms with van der Waals surface area (Å²) in [5.74, 6) is -0.403. The van der Waals surface area contributed by atoms with Gasteiger partial charge in [-0.1, -0.05) is 30.0 Å². The summed E-state index contributed by atoms with van der Waals surface area (Å²) in [7, 11) is 1.62. The van der Waals surface area contributed by atoms with E-state index in [-0.39, 0.29) is 0 Å². The molecule has 0 unspecified atom stereocenters. The first-order valence-electron chi connectivity index (χ1n) is 8.47. The Hall–Kier alpha value is -2.79. The van der Waals surface area contributed by atoms with Crippen molar-refractivity contribution in [3.8, 4) is 5.75 Å². The maximum atomic E-state index is 13.6. The Morgan fingerprint density at radius 2 is 1.67 bits per heavy atom. The number of halogens is 2. The Labute approximate surface area is 160 Å². The molecule has 3 aromatic carbocycles. The largest absolute Gasteiger partial charge is 0.497 e. The Morgan fingerprint density at radius 3 is 2.37 bits per heavy atom. The summed E-state index contributed by atoms with van der Waals surface area (Å²) in [6.07, 6.45) is 2.02. The van der Waals surface area contributed by atoms with Crippen molar-refractivity contribution in [2.45, 2.75) is 16.3 Å². The number of aromatic nitrogens is 1. The van der Waals surface area contributed by atoms with Gasteiger partial charge in [0.1, 0.15) is 17.4 Å². The molecule has 0 fully saturated rings. The molecule has 0 amide bonds. The number of hydrogen-bond acceptors (Lipinski definition) is 2. The Balaban J connectivity index is 1.78. The topological polar surface area (TPSA) is 14.2 Å². The van der Waals surface area contributed by atoms with Gasteiger partial charge in [-0.3, -0.25) is 0 Å². The molecule has 5 heteroatoms. The van der Waals surface area contributed by atoms with Crippen molar-refractivity contribution in [2.75, 3.05) is 7.11 Å². The van der Waals surface area contributed by atoms with Crippen LogP contribution in [0.5, 0.6) is 5.75 Å². The van der Waals surface area contributed by atoms with Crippen LogP contribution < -0.4 is 4.74 Å². The lowest BCUT2D eigenvalue weighted by atomic mass is 10.2. The highest BCUT2D eigenvalue weighted by Gasteiger charge is 2.12. The van der Waals surface area contributed by atoms with Crippen molar-refractivity contribution in [1.82, 2.24) is 4.57 Å². The van der Waals surface area contributed by atoms with Gasteiger partial charge in [0.15, 0.2) is 0 Å². The van der Waals surface area contributed by atoms with Gasteiger partial charge < -0.3 is 9.30 Å². The van der Waals surface area contributed by atoms with E-state index in [4.69, 9.17) is 4.74 Å². The highest BCUT2D eigenvalue weighted by atomic mass is 32.2. The van der Waals surface area contributed by atoms with Crippen molar-refractivity contribution in [3.05, 3.63) is 90.1 Å². The van der Waals surface area contributed by atoms with Crippen LogP contribution in [0.25, 0.3) is 10.9 Å². The molecule has 0 spiro atoms. The zero-order valence-corrected chi connectivity index (χ0v) is 15.5. The average Bonchev–Trinajstić information content (AvgIpc) is 2.98. The Kier molecular flexibility index (Phi) is 4.86. The van der Waals surface area contributed by atoms with E-state index in [1.807, 2.05) is 47.2 Å². The average molecular weight is 381 g/mol. The molecule has 4 rings (SSSR count). The standard InChI is InChI=1S/C22H17F2NOS/c1-26-18-7-8-20-21(12-18)25(13-15-9-16(23)11-17(24)10-15)14-22(20)27-19-5-3-2-4-6-19/h2-12,14H,13H2,1H3. The molecule has 0 aliphatic heterocycles. The molecular weight excluding hydrogens is 364 g/mol. The number of nitrogens with zero attached hydrogens (tertiary/aromatic N) is 1. The quantitative estimate of drug-likeness (QED) is 0.413. The number of rotatable bonds is 5. The summed E-state index contributed by atoms with van der Waals surface area (Å²) >= 11 is 1.66. The van der Waals surface area contributed by atoms with Gasteiger partial charge in [-0.2, -0.15) is 0 Å². The smallest absolute Gasteiger partial charge is 0.126 e. The lowest BCUT2D eigenvalue weighted by molar-refractivity contribution is 0.415. The number of ether oxygens (including phenoxy) is 1. The zero-order valence-electron chi connectivity index (χ0n) is 14.7. The molecule has 1 heterocycles. The lowest BCUT2D eigenvalue weighted by Crippen LogP contribution is -1.99. The highest BCUT2D eigenvalue weighted by molar-refractivity contribution is 7.99. The first-order valence-corrected chi connectivity index (χ1v) is 9.29. The van der Waals surface area contributed by atoms with Crippen molar-refractivity contribution in [1.29, 1.82) is 0 Å². The van der Waals surface area contributed by atoms with Crippen LogP contribution in [0.2, 0.25) is 0 Å².